The maximum Gasteiger partial charge on any atom is 0.261 e. The Kier molecular flexibility index (Phi) is 6.24. The lowest BCUT2D eigenvalue weighted by Gasteiger charge is -2.14. The van der Waals surface area contributed by atoms with E-state index in [-0.39, 0.29) is 11.8 Å². The summed E-state index contributed by atoms with van der Waals surface area (Å²) in [5, 5.41) is 0. The van der Waals surface area contributed by atoms with Gasteiger partial charge >= 0.3 is 0 Å². The smallest absolute Gasteiger partial charge is 0.261 e. The molecule has 0 radical (unpaired) electrons. The van der Waals surface area contributed by atoms with Gasteiger partial charge in [-0.3, -0.25) is 14.5 Å². The van der Waals surface area contributed by atoms with E-state index in [1.807, 2.05) is 12.1 Å². The van der Waals surface area contributed by atoms with Crippen LogP contribution in [-0.4, -0.2) is 55.4 Å². The number of ether oxygens (including phenoxy) is 1. The lowest BCUT2D eigenvalue weighted by Crippen LogP contribution is -2.31. The van der Waals surface area contributed by atoms with Crippen LogP contribution in [0, 0.1) is 0 Å². The summed E-state index contributed by atoms with van der Waals surface area (Å²) >= 11 is 0. The summed E-state index contributed by atoms with van der Waals surface area (Å²) in [5.41, 5.74) is 2.29. The molecule has 0 aromatic heterocycles. The first kappa shape index (κ1) is 19.1. The molecule has 27 heavy (non-hydrogen) atoms. The molecule has 0 N–H and O–H groups in total. The van der Waals surface area contributed by atoms with E-state index in [0.29, 0.717) is 30.7 Å². The highest BCUT2D eigenvalue weighted by Gasteiger charge is 2.34. The van der Waals surface area contributed by atoms with E-state index in [0.717, 1.165) is 25.1 Å². The summed E-state index contributed by atoms with van der Waals surface area (Å²) in [6.45, 7) is 1.92. The van der Waals surface area contributed by atoms with Crippen molar-refractivity contribution in [2.24, 2.45) is 0 Å². The third-order valence-electron chi connectivity index (χ3n) is 4.67. The average molecular weight is 366 g/mol. The number of benzene rings is 2. The van der Waals surface area contributed by atoms with E-state index < -0.39 is 0 Å². The zero-order chi connectivity index (χ0) is 19.2. The van der Waals surface area contributed by atoms with E-state index in [1.54, 1.807) is 24.3 Å². The number of nitrogens with zero attached hydrogens (tertiary/aromatic N) is 2. The van der Waals surface area contributed by atoms with Gasteiger partial charge in [0, 0.05) is 6.54 Å². The van der Waals surface area contributed by atoms with Gasteiger partial charge in [-0.15, -0.1) is 0 Å². The first-order chi connectivity index (χ1) is 13.1. The number of hydrogen-bond donors (Lipinski definition) is 0. The van der Waals surface area contributed by atoms with Crippen LogP contribution < -0.4 is 4.74 Å². The molecule has 0 unspecified atom stereocenters. The molecule has 2 aromatic carbocycles. The summed E-state index contributed by atoms with van der Waals surface area (Å²) in [7, 11) is 4.16. The van der Waals surface area contributed by atoms with Crippen molar-refractivity contribution in [1.29, 1.82) is 0 Å². The Bertz CT molecular complexity index is 764. The highest BCUT2D eigenvalue weighted by atomic mass is 16.5. The van der Waals surface area contributed by atoms with Gasteiger partial charge < -0.3 is 9.64 Å². The van der Waals surface area contributed by atoms with Gasteiger partial charge in [0.2, 0.25) is 0 Å². The Balaban J connectivity index is 1.42. The van der Waals surface area contributed by atoms with Crippen molar-refractivity contribution in [3.05, 3.63) is 65.2 Å². The van der Waals surface area contributed by atoms with Gasteiger partial charge in [-0.1, -0.05) is 24.3 Å². The summed E-state index contributed by atoms with van der Waals surface area (Å²) in [5.74, 6) is 0.393. The van der Waals surface area contributed by atoms with E-state index in [9.17, 15) is 9.59 Å². The van der Waals surface area contributed by atoms with Crippen LogP contribution in [-0.2, 0) is 6.42 Å². The van der Waals surface area contributed by atoms with Crippen molar-refractivity contribution in [3.63, 3.8) is 0 Å². The second-order valence-electron chi connectivity index (χ2n) is 7.06. The fourth-order valence-electron chi connectivity index (χ4n) is 3.21. The van der Waals surface area contributed by atoms with Crippen LogP contribution in [0.1, 0.15) is 39.1 Å². The van der Waals surface area contributed by atoms with Crippen molar-refractivity contribution in [2.75, 3.05) is 33.8 Å². The minimum atomic E-state index is -0.210. The number of carbonyl (C=O) groups excluding carboxylic acids is 2. The number of carbonyl (C=O) groups is 2. The molecule has 0 spiro atoms. The second-order valence-corrected chi connectivity index (χ2v) is 7.06. The van der Waals surface area contributed by atoms with Crippen molar-refractivity contribution >= 4 is 11.8 Å². The number of fused-ring (bicyclic) bond motifs is 1. The van der Waals surface area contributed by atoms with Crippen LogP contribution >= 0.6 is 0 Å². The van der Waals surface area contributed by atoms with Crippen molar-refractivity contribution in [1.82, 2.24) is 9.80 Å². The minimum absolute atomic E-state index is 0.210. The van der Waals surface area contributed by atoms with Crippen molar-refractivity contribution < 1.29 is 14.3 Å². The molecule has 2 aromatic rings. The molecule has 0 aliphatic carbocycles. The first-order valence-corrected chi connectivity index (χ1v) is 9.38. The van der Waals surface area contributed by atoms with Crippen molar-refractivity contribution in [3.8, 4) is 5.75 Å². The molecular formula is C22H26N2O3. The molecule has 3 rings (SSSR count). The first-order valence-electron chi connectivity index (χ1n) is 9.38. The average Bonchev–Trinajstić information content (AvgIpc) is 2.91. The number of rotatable bonds is 9. The molecule has 1 aliphatic heterocycles. The Morgan fingerprint density at radius 3 is 2.11 bits per heavy atom. The Morgan fingerprint density at radius 1 is 0.889 bits per heavy atom. The van der Waals surface area contributed by atoms with Gasteiger partial charge in [-0.25, -0.2) is 0 Å². The summed E-state index contributed by atoms with van der Waals surface area (Å²) in [6, 6.07) is 15.1. The zero-order valence-electron chi connectivity index (χ0n) is 16.0. The summed E-state index contributed by atoms with van der Waals surface area (Å²) in [4.78, 5) is 28.1. The molecule has 0 saturated carbocycles. The van der Waals surface area contributed by atoms with Gasteiger partial charge in [-0.2, -0.15) is 0 Å². The van der Waals surface area contributed by atoms with Gasteiger partial charge in [0.15, 0.2) is 0 Å². The van der Waals surface area contributed by atoms with Crippen LogP contribution in [0.5, 0.6) is 5.75 Å². The maximum atomic E-state index is 12.3. The quantitative estimate of drug-likeness (QED) is 0.505. The summed E-state index contributed by atoms with van der Waals surface area (Å²) in [6.07, 6.45) is 2.79. The van der Waals surface area contributed by atoms with Gasteiger partial charge in [0.1, 0.15) is 5.75 Å². The van der Waals surface area contributed by atoms with E-state index >= 15 is 0 Å². The molecule has 0 saturated heterocycles. The predicted octanol–water partition coefficient (Wildman–Crippen LogP) is 3.25. The second kappa shape index (κ2) is 8.82. The molecule has 0 atom stereocenters. The molecule has 5 nitrogen and oxygen atoms in total. The highest BCUT2D eigenvalue weighted by Crippen LogP contribution is 2.22. The lowest BCUT2D eigenvalue weighted by atomic mass is 10.1. The van der Waals surface area contributed by atoms with Crippen LogP contribution in [0.15, 0.2) is 48.5 Å². The molecule has 142 valence electrons. The van der Waals surface area contributed by atoms with E-state index in [2.05, 4.69) is 31.1 Å². The maximum absolute atomic E-state index is 12.3. The number of aryl methyl sites for hydroxylation is 1. The molecule has 0 bridgehead atoms. The molecule has 2 amide bonds. The normalized spacial score (nSPS) is 13.4. The highest BCUT2D eigenvalue weighted by molar-refractivity contribution is 6.21. The standard InChI is InChI=1S/C22H26N2O3/c1-23(2)14-5-7-17-10-12-18(13-11-17)27-16-6-15-24-21(25)19-8-3-4-9-20(19)22(24)26/h3-4,8-13H,5-7,14-16H2,1-2H3. The zero-order valence-corrected chi connectivity index (χ0v) is 16.0. The van der Waals surface area contributed by atoms with Crippen LogP contribution in [0.3, 0.4) is 0 Å². The topological polar surface area (TPSA) is 49.9 Å². The molecular weight excluding hydrogens is 340 g/mol. The third kappa shape index (κ3) is 4.74. The van der Waals surface area contributed by atoms with Gasteiger partial charge in [0.25, 0.3) is 11.8 Å². The van der Waals surface area contributed by atoms with Gasteiger partial charge in [0.05, 0.1) is 17.7 Å². The van der Waals surface area contributed by atoms with Crippen LogP contribution in [0.25, 0.3) is 0 Å². The van der Waals surface area contributed by atoms with E-state index in [4.69, 9.17) is 4.74 Å². The molecule has 1 heterocycles. The van der Waals surface area contributed by atoms with Crippen LogP contribution in [0.4, 0.5) is 0 Å². The SMILES string of the molecule is CN(C)CCCc1ccc(OCCCN2C(=O)c3ccccc3C2=O)cc1. The summed E-state index contributed by atoms with van der Waals surface area (Å²) < 4.78 is 5.75. The number of amides is 2. The fourth-order valence-corrected chi connectivity index (χ4v) is 3.21. The minimum Gasteiger partial charge on any atom is -0.494 e. The Labute approximate surface area is 160 Å². The molecule has 5 heteroatoms. The Morgan fingerprint density at radius 2 is 1.52 bits per heavy atom. The third-order valence-corrected chi connectivity index (χ3v) is 4.67. The van der Waals surface area contributed by atoms with Gasteiger partial charge in [-0.05, 0) is 69.7 Å². The molecule has 1 aliphatic rings. The Hall–Kier alpha value is -2.66. The number of hydrogen-bond acceptors (Lipinski definition) is 4. The monoisotopic (exact) mass is 366 g/mol. The van der Waals surface area contributed by atoms with E-state index in [1.165, 1.54) is 10.5 Å². The van der Waals surface area contributed by atoms with Crippen molar-refractivity contribution in [2.45, 2.75) is 19.3 Å². The largest absolute Gasteiger partial charge is 0.494 e. The molecule has 0 fully saturated rings. The number of imide groups is 1. The lowest BCUT2D eigenvalue weighted by molar-refractivity contribution is 0.0647. The van der Waals surface area contributed by atoms with Crippen LogP contribution in [0.2, 0.25) is 0 Å². The predicted molar refractivity (Wildman–Crippen MR) is 105 cm³/mol. The fraction of sp³-hybridized carbons (Fsp3) is 0.364.